The fourth-order valence-corrected chi connectivity index (χ4v) is 4.21. The number of hydrogen-bond donors (Lipinski definition) is 0. The molecule has 3 fully saturated rings. The van der Waals surface area contributed by atoms with Gasteiger partial charge in [-0.15, -0.1) is 11.6 Å². The molecule has 2 heteroatoms. The molecule has 3 rings (SSSR count). The molecule has 0 aromatic heterocycles. The monoisotopic (exact) mass is 256 g/mol. The molecule has 2 saturated carbocycles. The van der Waals surface area contributed by atoms with E-state index in [1.807, 2.05) is 0 Å². The van der Waals surface area contributed by atoms with Gasteiger partial charge < -0.3 is 4.74 Å². The van der Waals surface area contributed by atoms with Gasteiger partial charge in [-0.2, -0.15) is 0 Å². The van der Waals surface area contributed by atoms with Gasteiger partial charge in [0.25, 0.3) is 0 Å². The van der Waals surface area contributed by atoms with E-state index in [0.717, 1.165) is 18.4 Å². The molecular weight excluding hydrogens is 232 g/mol. The standard InChI is InChI=1S/C15H25ClO/c16-14(13-4-5-13)6-3-12-7-10-17-15(11-12)8-1-2-9-15/h12-14H,1-11H2. The normalized spacial score (nSPS) is 34.1. The van der Waals surface area contributed by atoms with Crippen molar-refractivity contribution in [2.24, 2.45) is 11.8 Å². The molecule has 0 aromatic carbocycles. The van der Waals surface area contributed by atoms with Gasteiger partial charge in [-0.05, 0) is 63.2 Å². The molecule has 1 aliphatic heterocycles. The van der Waals surface area contributed by atoms with Crippen LogP contribution in [-0.4, -0.2) is 17.6 Å². The highest BCUT2D eigenvalue weighted by Crippen LogP contribution is 2.44. The van der Waals surface area contributed by atoms with Crippen molar-refractivity contribution in [2.45, 2.75) is 75.2 Å². The van der Waals surface area contributed by atoms with E-state index in [9.17, 15) is 0 Å². The minimum absolute atomic E-state index is 0.296. The van der Waals surface area contributed by atoms with Crippen molar-refractivity contribution in [3.05, 3.63) is 0 Å². The lowest BCUT2D eigenvalue weighted by atomic mass is 9.82. The summed E-state index contributed by atoms with van der Waals surface area (Å²) in [5.74, 6) is 1.75. The van der Waals surface area contributed by atoms with Crippen molar-refractivity contribution in [1.82, 2.24) is 0 Å². The first-order valence-electron chi connectivity index (χ1n) is 7.55. The Balaban J connectivity index is 1.46. The summed E-state index contributed by atoms with van der Waals surface area (Å²) in [7, 11) is 0. The summed E-state index contributed by atoms with van der Waals surface area (Å²) in [6.45, 7) is 1.00. The highest BCUT2D eigenvalue weighted by molar-refractivity contribution is 6.20. The quantitative estimate of drug-likeness (QED) is 0.672. The van der Waals surface area contributed by atoms with Crippen molar-refractivity contribution in [1.29, 1.82) is 0 Å². The van der Waals surface area contributed by atoms with Crippen LogP contribution in [0, 0.1) is 11.8 Å². The fourth-order valence-electron chi connectivity index (χ4n) is 3.83. The topological polar surface area (TPSA) is 9.23 Å². The van der Waals surface area contributed by atoms with Crippen LogP contribution >= 0.6 is 11.6 Å². The van der Waals surface area contributed by atoms with Gasteiger partial charge >= 0.3 is 0 Å². The Labute approximate surface area is 110 Å². The summed E-state index contributed by atoms with van der Waals surface area (Å²) >= 11 is 6.42. The van der Waals surface area contributed by atoms with Crippen molar-refractivity contribution in [3.8, 4) is 0 Å². The number of alkyl halides is 1. The van der Waals surface area contributed by atoms with Crippen LogP contribution in [0.1, 0.15) is 64.2 Å². The zero-order valence-electron chi connectivity index (χ0n) is 10.8. The van der Waals surface area contributed by atoms with Crippen LogP contribution < -0.4 is 0 Å². The van der Waals surface area contributed by atoms with Crippen LogP contribution in [0.4, 0.5) is 0 Å². The van der Waals surface area contributed by atoms with E-state index in [4.69, 9.17) is 16.3 Å². The maximum atomic E-state index is 6.42. The predicted octanol–water partition coefficient (Wildman–Crippen LogP) is 4.52. The second-order valence-electron chi connectivity index (χ2n) is 6.53. The highest BCUT2D eigenvalue weighted by Gasteiger charge is 2.40. The average Bonchev–Trinajstić information content (AvgIpc) is 3.10. The van der Waals surface area contributed by atoms with Crippen LogP contribution in [0.2, 0.25) is 0 Å². The van der Waals surface area contributed by atoms with Gasteiger partial charge in [-0.25, -0.2) is 0 Å². The predicted molar refractivity (Wildman–Crippen MR) is 71.5 cm³/mol. The molecule has 3 aliphatic rings. The zero-order chi connectivity index (χ0) is 11.7. The molecule has 1 saturated heterocycles. The second-order valence-corrected chi connectivity index (χ2v) is 7.09. The molecule has 2 atom stereocenters. The Kier molecular flexibility index (Phi) is 3.68. The van der Waals surface area contributed by atoms with Crippen molar-refractivity contribution in [3.63, 3.8) is 0 Å². The third kappa shape index (κ3) is 2.98. The first-order chi connectivity index (χ1) is 8.27. The van der Waals surface area contributed by atoms with Crippen molar-refractivity contribution < 1.29 is 4.74 Å². The molecule has 0 aromatic rings. The lowest BCUT2D eigenvalue weighted by Gasteiger charge is -2.38. The maximum absolute atomic E-state index is 6.42. The first-order valence-corrected chi connectivity index (χ1v) is 7.99. The molecule has 98 valence electrons. The summed E-state index contributed by atoms with van der Waals surface area (Å²) in [5, 5.41) is 0.470. The van der Waals surface area contributed by atoms with E-state index < -0.39 is 0 Å². The van der Waals surface area contributed by atoms with Crippen LogP contribution in [0.25, 0.3) is 0 Å². The van der Waals surface area contributed by atoms with Gasteiger partial charge in [-0.1, -0.05) is 12.8 Å². The summed E-state index contributed by atoms with van der Waals surface area (Å²) in [4.78, 5) is 0. The van der Waals surface area contributed by atoms with Gasteiger partial charge in [0.2, 0.25) is 0 Å². The van der Waals surface area contributed by atoms with E-state index in [2.05, 4.69) is 0 Å². The number of ether oxygens (including phenoxy) is 1. The molecular formula is C15H25ClO. The Bertz CT molecular complexity index is 256. The molecule has 1 spiro atoms. The van der Waals surface area contributed by atoms with Crippen LogP contribution in [0.15, 0.2) is 0 Å². The average molecular weight is 257 g/mol. The van der Waals surface area contributed by atoms with Crippen LogP contribution in [-0.2, 0) is 4.74 Å². The van der Waals surface area contributed by atoms with Crippen LogP contribution in [0.3, 0.4) is 0 Å². The largest absolute Gasteiger partial charge is 0.375 e. The Morgan fingerprint density at radius 1 is 1.18 bits per heavy atom. The molecule has 0 radical (unpaired) electrons. The summed E-state index contributed by atoms with van der Waals surface area (Å²) < 4.78 is 6.09. The van der Waals surface area contributed by atoms with Gasteiger partial charge in [0.05, 0.1) is 5.60 Å². The van der Waals surface area contributed by atoms with E-state index in [1.54, 1.807) is 0 Å². The minimum Gasteiger partial charge on any atom is -0.375 e. The molecule has 1 heterocycles. The molecule has 2 unspecified atom stereocenters. The molecule has 0 amide bonds. The van der Waals surface area contributed by atoms with Gasteiger partial charge in [-0.3, -0.25) is 0 Å². The van der Waals surface area contributed by atoms with Crippen molar-refractivity contribution in [2.75, 3.05) is 6.61 Å². The third-order valence-corrected chi connectivity index (χ3v) is 5.67. The molecule has 1 nitrogen and oxygen atoms in total. The minimum atomic E-state index is 0.296. The second kappa shape index (κ2) is 5.09. The lowest BCUT2D eigenvalue weighted by Crippen LogP contribution is -2.37. The smallest absolute Gasteiger partial charge is 0.0685 e. The lowest BCUT2D eigenvalue weighted by molar-refractivity contribution is -0.0938. The maximum Gasteiger partial charge on any atom is 0.0685 e. The van der Waals surface area contributed by atoms with Crippen molar-refractivity contribution >= 4 is 11.6 Å². The molecule has 2 aliphatic carbocycles. The fraction of sp³-hybridized carbons (Fsp3) is 1.00. The zero-order valence-corrected chi connectivity index (χ0v) is 11.6. The number of halogens is 1. The summed E-state index contributed by atoms with van der Waals surface area (Å²) in [6, 6.07) is 0. The number of hydrogen-bond acceptors (Lipinski definition) is 1. The Morgan fingerprint density at radius 2 is 1.94 bits per heavy atom. The van der Waals surface area contributed by atoms with E-state index in [0.29, 0.717) is 11.0 Å². The van der Waals surface area contributed by atoms with Gasteiger partial charge in [0, 0.05) is 12.0 Å². The highest BCUT2D eigenvalue weighted by atomic mass is 35.5. The van der Waals surface area contributed by atoms with Crippen LogP contribution in [0.5, 0.6) is 0 Å². The molecule has 0 N–H and O–H groups in total. The summed E-state index contributed by atoms with van der Waals surface area (Å²) in [6.07, 6.45) is 13.3. The molecule has 17 heavy (non-hydrogen) atoms. The van der Waals surface area contributed by atoms with E-state index >= 15 is 0 Å². The summed E-state index contributed by atoms with van der Waals surface area (Å²) in [5.41, 5.74) is 0.296. The van der Waals surface area contributed by atoms with E-state index in [-0.39, 0.29) is 0 Å². The Morgan fingerprint density at radius 3 is 2.65 bits per heavy atom. The van der Waals surface area contributed by atoms with Gasteiger partial charge in [0.1, 0.15) is 0 Å². The first kappa shape index (κ1) is 12.3. The van der Waals surface area contributed by atoms with E-state index in [1.165, 1.54) is 64.2 Å². The SMILES string of the molecule is ClC(CCC1CCOC2(CCCC2)C1)C1CC1. The number of rotatable bonds is 4. The Hall–Kier alpha value is 0.250. The molecule has 0 bridgehead atoms. The van der Waals surface area contributed by atoms with Gasteiger partial charge in [0.15, 0.2) is 0 Å². The third-order valence-electron chi connectivity index (χ3n) is 5.09.